The van der Waals surface area contributed by atoms with E-state index in [-0.39, 0.29) is 12.3 Å². The lowest BCUT2D eigenvalue weighted by Crippen LogP contribution is -2.41. The fourth-order valence-electron chi connectivity index (χ4n) is 3.15. The van der Waals surface area contributed by atoms with E-state index in [2.05, 4.69) is 15.8 Å². The lowest BCUT2D eigenvalue weighted by atomic mass is 10.1. The summed E-state index contributed by atoms with van der Waals surface area (Å²) in [5.41, 5.74) is 7.72. The average molecular weight is 415 g/mol. The van der Waals surface area contributed by atoms with E-state index in [0.717, 1.165) is 16.8 Å². The second-order valence-corrected chi connectivity index (χ2v) is 6.91. The molecule has 0 saturated carbocycles. The van der Waals surface area contributed by atoms with Crippen molar-refractivity contribution in [1.82, 2.24) is 15.8 Å². The normalized spacial score (nSPS) is 10.6. The minimum Gasteiger partial charge on any atom is -0.469 e. The first-order chi connectivity index (χ1) is 15.1. The highest BCUT2D eigenvalue weighted by Gasteiger charge is 2.18. The van der Waals surface area contributed by atoms with Gasteiger partial charge in [-0.2, -0.15) is 0 Å². The molecule has 0 bridgehead atoms. The predicted molar refractivity (Wildman–Crippen MR) is 115 cm³/mol. The minimum atomic E-state index is -0.437. The van der Waals surface area contributed by atoms with Crippen LogP contribution < -0.4 is 10.9 Å². The average Bonchev–Trinajstić information content (AvgIpc) is 3.43. The van der Waals surface area contributed by atoms with Gasteiger partial charge in [0.1, 0.15) is 11.5 Å². The zero-order chi connectivity index (χ0) is 21.6. The molecule has 0 unspecified atom stereocenters. The number of carbonyl (C=O) groups is 2. The van der Waals surface area contributed by atoms with Crippen molar-refractivity contribution in [1.29, 1.82) is 0 Å². The standard InChI is InChI=1S/C24H21N3O4/c1-16-19(14-15-30-16)24(29)27-26-20(28)12-13-21-25-22(17-8-4-2-5-9-17)23(31-21)18-10-6-3-7-11-18/h2-11,14-15H,12-13H2,1H3,(H,26,28)(H,27,29). The second kappa shape index (κ2) is 9.13. The topological polar surface area (TPSA) is 97.4 Å². The van der Waals surface area contributed by atoms with Crippen molar-refractivity contribution in [2.24, 2.45) is 0 Å². The van der Waals surface area contributed by atoms with Gasteiger partial charge in [0, 0.05) is 24.0 Å². The number of aryl methyl sites for hydroxylation is 2. The van der Waals surface area contributed by atoms with Crippen LogP contribution in [0.15, 0.2) is 81.8 Å². The van der Waals surface area contributed by atoms with Crippen LogP contribution in [0.1, 0.15) is 28.4 Å². The van der Waals surface area contributed by atoms with Gasteiger partial charge < -0.3 is 8.83 Å². The molecule has 0 atom stereocenters. The maximum atomic E-state index is 12.2. The van der Waals surface area contributed by atoms with E-state index in [1.807, 2.05) is 60.7 Å². The molecule has 2 amide bonds. The lowest BCUT2D eigenvalue weighted by Gasteiger charge is -2.05. The van der Waals surface area contributed by atoms with Crippen molar-refractivity contribution in [2.75, 3.05) is 0 Å². The number of nitrogens with one attached hydrogen (secondary N) is 2. The van der Waals surface area contributed by atoms with Gasteiger partial charge in [-0.25, -0.2) is 4.98 Å². The van der Waals surface area contributed by atoms with E-state index < -0.39 is 5.91 Å². The third-order valence-electron chi connectivity index (χ3n) is 4.74. The first kappa shape index (κ1) is 20.2. The van der Waals surface area contributed by atoms with Crippen molar-refractivity contribution in [3.05, 3.63) is 90.2 Å². The number of furan rings is 1. The van der Waals surface area contributed by atoms with Crippen LogP contribution in [0, 0.1) is 6.92 Å². The largest absolute Gasteiger partial charge is 0.469 e. The highest BCUT2D eigenvalue weighted by atomic mass is 16.4. The summed E-state index contributed by atoms with van der Waals surface area (Å²) in [7, 11) is 0. The molecule has 7 nitrogen and oxygen atoms in total. The van der Waals surface area contributed by atoms with E-state index in [0.29, 0.717) is 29.4 Å². The third kappa shape index (κ3) is 4.72. The van der Waals surface area contributed by atoms with E-state index in [4.69, 9.17) is 8.83 Å². The van der Waals surface area contributed by atoms with Gasteiger partial charge in [0.25, 0.3) is 5.91 Å². The Balaban J connectivity index is 1.44. The Kier molecular flexibility index (Phi) is 5.93. The molecule has 4 aromatic rings. The van der Waals surface area contributed by atoms with Crippen LogP contribution in [0.4, 0.5) is 0 Å². The van der Waals surface area contributed by atoms with Gasteiger partial charge in [0.2, 0.25) is 5.91 Å². The maximum Gasteiger partial charge on any atom is 0.273 e. The highest BCUT2D eigenvalue weighted by molar-refractivity contribution is 5.96. The fraction of sp³-hybridized carbons (Fsp3) is 0.125. The number of oxazole rings is 1. The number of aromatic nitrogens is 1. The Labute approximate surface area is 179 Å². The molecule has 31 heavy (non-hydrogen) atoms. The van der Waals surface area contributed by atoms with Gasteiger partial charge in [-0.1, -0.05) is 60.7 Å². The molecule has 2 N–H and O–H groups in total. The van der Waals surface area contributed by atoms with E-state index >= 15 is 0 Å². The van der Waals surface area contributed by atoms with Gasteiger partial charge >= 0.3 is 0 Å². The smallest absolute Gasteiger partial charge is 0.273 e. The summed E-state index contributed by atoms with van der Waals surface area (Å²) in [6.45, 7) is 1.67. The Morgan fingerprint density at radius 2 is 1.58 bits per heavy atom. The van der Waals surface area contributed by atoms with Crippen molar-refractivity contribution in [2.45, 2.75) is 19.8 Å². The summed E-state index contributed by atoms with van der Waals surface area (Å²) >= 11 is 0. The van der Waals surface area contributed by atoms with Crippen molar-refractivity contribution in [3.8, 4) is 22.6 Å². The first-order valence-electron chi connectivity index (χ1n) is 9.85. The van der Waals surface area contributed by atoms with Gasteiger partial charge in [-0.15, -0.1) is 0 Å². The number of hydrogen-bond donors (Lipinski definition) is 2. The van der Waals surface area contributed by atoms with Crippen molar-refractivity contribution in [3.63, 3.8) is 0 Å². The number of rotatable bonds is 6. The Morgan fingerprint density at radius 1 is 0.903 bits per heavy atom. The molecule has 0 aliphatic carbocycles. The van der Waals surface area contributed by atoms with Crippen LogP contribution in [0.3, 0.4) is 0 Å². The molecule has 0 saturated heterocycles. The molecule has 0 spiro atoms. The SMILES string of the molecule is Cc1occc1C(=O)NNC(=O)CCc1nc(-c2ccccc2)c(-c2ccccc2)o1. The van der Waals surface area contributed by atoms with Crippen LogP contribution in [-0.4, -0.2) is 16.8 Å². The minimum absolute atomic E-state index is 0.105. The molecule has 2 heterocycles. The van der Waals surface area contributed by atoms with Crippen LogP contribution in [0.5, 0.6) is 0 Å². The summed E-state index contributed by atoms with van der Waals surface area (Å²) in [6, 6.07) is 21.0. The summed E-state index contributed by atoms with van der Waals surface area (Å²) in [5, 5.41) is 0. The molecule has 0 aliphatic rings. The highest BCUT2D eigenvalue weighted by Crippen LogP contribution is 2.32. The van der Waals surface area contributed by atoms with E-state index in [1.165, 1.54) is 6.26 Å². The van der Waals surface area contributed by atoms with Crippen LogP contribution in [-0.2, 0) is 11.2 Å². The van der Waals surface area contributed by atoms with E-state index in [1.54, 1.807) is 13.0 Å². The van der Waals surface area contributed by atoms with Crippen molar-refractivity contribution >= 4 is 11.8 Å². The van der Waals surface area contributed by atoms with Crippen molar-refractivity contribution < 1.29 is 18.4 Å². The zero-order valence-corrected chi connectivity index (χ0v) is 16.9. The van der Waals surface area contributed by atoms with Crippen LogP contribution >= 0.6 is 0 Å². The van der Waals surface area contributed by atoms with E-state index in [9.17, 15) is 9.59 Å². The van der Waals surface area contributed by atoms with Gasteiger partial charge in [-0.05, 0) is 13.0 Å². The zero-order valence-electron chi connectivity index (χ0n) is 16.9. The van der Waals surface area contributed by atoms with Gasteiger partial charge in [0.05, 0.1) is 11.8 Å². The van der Waals surface area contributed by atoms with Crippen LogP contribution in [0.25, 0.3) is 22.6 Å². The number of hydrazine groups is 1. The third-order valence-corrected chi connectivity index (χ3v) is 4.74. The lowest BCUT2D eigenvalue weighted by molar-refractivity contribution is -0.121. The van der Waals surface area contributed by atoms with Crippen LogP contribution in [0.2, 0.25) is 0 Å². The number of amides is 2. The Bertz CT molecular complexity index is 1120. The maximum absolute atomic E-state index is 12.2. The first-order valence-corrected chi connectivity index (χ1v) is 9.85. The summed E-state index contributed by atoms with van der Waals surface area (Å²) in [6.07, 6.45) is 1.82. The second-order valence-electron chi connectivity index (χ2n) is 6.91. The number of hydrogen-bond acceptors (Lipinski definition) is 5. The molecule has 0 fully saturated rings. The summed E-state index contributed by atoms with van der Waals surface area (Å²) in [4.78, 5) is 28.9. The Hall–Kier alpha value is -4.13. The molecule has 7 heteroatoms. The predicted octanol–water partition coefficient (Wildman–Crippen LogP) is 4.30. The Morgan fingerprint density at radius 3 is 2.23 bits per heavy atom. The number of benzene rings is 2. The summed E-state index contributed by atoms with van der Waals surface area (Å²) in [5.74, 6) is 0.799. The van der Waals surface area contributed by atoms with Gasteiger partial charge in [-0.3, -0.25) is 20.4 Å². The monoisotopic (exact) mass is 415 g/mol. The molecule has 0 radical (unpaired) electrons. The summed E-state index contributed by atoms with van der Waals surface area (Å²) < 4.78 is 11.1. The molecule has 2 aromatic heterocycles. The molecule has 0 aliphatic heterocycles. The van der Waals surface area contributed by atoms with Gasteiger partial charge in [0.15, 0.2) is 11.7 Å². The number of nitrogens with zero attached hydrogens (tertiary/aromatic N) is 1. The molecule has 2 aromatic carbocycles. The molecule has 156 valence electrons. The number of carbonyl (C=O) groups excluding carboxylic acids is 2. The quantitative estimate of drug-likeness (QED) is 0.458. The molecular weight excluding hydrogens is 394 g/mol. The molecule has 4 rings (SSSR count). The molecular formula is C24H21N3O4. The fourth-order valence-corrected chi connectivity index (χ4v) is 3.15.